The number of amidine groups is 1. The number of hydrogen-bond donors (Lipinski definition) is 2. The van der Waals surface area contributed by atoms with Crippen molar-refractivity contribution in [3.8, 4) is 0 Å². The molecule has 13 heavy (non-hydrogen) atoms. The molecule has 1 rings (SSSR count). The summed E-state index contributed by atoms with van der Waals surface area (Å²) >= 11 is 0. The zero-order chi connectivity index (χ0) is 10.1. The minimum Gasteiger partial charge on any atom is -0.382 e. The fourth-order valence-electron chi connectivity index (χ4n) is 0.815. The van der Waals surface area contributed by atoms with Gasteiger partial charge in [0.25, 0.3) is 0 Å². The second-order valence-electron chi connectivity index (χ2n) is 2.49. The number of hydrogen-bond acceptors (Lipinski definition) is 1. The Morgan fingerprint density at radius 1 is 1.23 bits per heavy atom. The standard InChI is InChI=1S/C8H7F3N2/c9-6-3-1-5(2-4-6)8(10,11)7(12)13/h1-4H,(H3,12,13). The molecule has 1 aromatic carbocycles. The summed E-state index contributed by atoms with van der Waals surface area (Å²) in [6, 6.07) is 3.59. The van der Waals surface area contributed by atoms with E-state index in [0.717, 1.165) is 24.3 Å². The molecule has 0 amide bonds. The van der Waals surface area contributed by atoms with Gasteiger partial charge in [-0.2, -0.15) is 8.78 Å². The van der Waals surface area contributed by atoms with Crippen LogP contribution in [0.5, 0.6) is 0 Å². The molecule has 1 aromatic rings. The lowest BCUT2D eigenvalue weighted by Crippen LogP contribution is -2.32. The van der Waals surface area contributed by atoms with Crippen molar-refractivity contribution in [3.05, 3.63) is 35.6 Å². The molecule has 0 saturated carbocycles. The van der Waals surface area contributed by atoms with Gasteiger partial charge in [-0.05, 0) is 24.3 Å². The van der Waals surface area contributed by atoms with E-state index in [1.54, 1.807) is 0 Å². The molecule has 5 heteroatoms. The van der Waals surface area contributed by atoms with Gasteiger partial charge >= 0.3 is 5.92 Å². The first-order chi connectivity index (χ1) is 5.94. The van der Waals surface area contributed by atoms with Crippen LogP contribution in [-0.4, -0.2) is 5.84 Å². The van der Waals surface area contributed by atoms with Gasteiger partial charge in [0.1, 0.15) is 5.82 Å². The van der Waals surface area contributed by atoms with E-state index in [4.69, 9.17) is 5.41 Å². The molecule has 2 nitrogen and oxygen atoms in total. The van der Waals surface area contributed by atoms with E-state index >= 15 is 0 Å². The summed E-state index contributed by atoms with van der Waals surface area (Å²) < 4.78 is 38.2. The van der Waals surface area contributed by atoms with E-state index in [-0.39, 0.29) is 0 Å². The summed E-state index contributed by atoms with van der Waals surface area (Å²) in [5.41, 5.74) is 4.20. The molecule has 0 fully saturated rings. The number of benzene rings is 1. The predicted molar refractivity (Wildman–Crippen MR) is 42.2 cm³/mol. The van der Waals surface area contributed by atoms with E-state index in [1.807, 2.05) is 0 Å². The summed E-state index contributed by atoms with van der Waals surface area (Å²) in [6.45, 7) is 0. The molecular formula is C8H7F3N2. The van der Waals surface area contributed by atoms with Crippen molar-refractivity contribution in [2.75, 3.05) is 0 Å². The van der Waals surface area contributed by atoms with Gasteiger partial charge in [-0.1, -0.05) is 0 Å². The molecular weight excluding hydrogens is 181 g/mol. The Morgan fingerprint density at radius 3 is 2.08 bits per heavy atom. The number of halogens is 3. The molecule has 0 aromatic heterocycles. The topological polar surface area (TPSA) is 49.9 Å². The molecule has 0 bridgehead atoms. The van der Waals surface area contributed by atoms with Gasteiger partial charge in [0.2, 0.25) is 0 Å². The van der Waals surface area contributed by atoms with Crippen molar-refractivity contribution in [1.82, 2.24) is 0 Å². The van der Waals surface area contributed by atoms with Crippen LogP contribution in [0.4, 0.5) is 13.2 Å². The monoisotopic (exact) mass is 188 g/mol. The minimum atomic E-state index is -3.52. The molecule has 0 heterocycles. The van der Waals surface area contributed by atoms with Crippen LogP contribution >= 0.6 is 0 Å². The van der Waals surface area contributed by atoms with Gasteiger partial charge < -0.3 is 5.73 Å². The minimum absolute atomic E-state index is 0.485. The van der Waals surface area contributed by atoms with E-state index < -0.39 is 23.1 Å². The summed E-state index contributed by atoms with van der Waals surface area (Å²) in [7, 11) is 0. The number of alkyl halides is 2. The number of nitrogens with two attached hydrogens (primary N) is 1. The van der Waals surface area contributed by atoms with Crippen molar-refractivity contribution < 1.29 is 13.2 Å². The van der Waals surface area contributed by atoms with Crippen LogP contribution in [0.15, 0.2) is 24.3 Å². The highest BCUT2D eigenvalue weighted by Gasteiger charge is 2.35. The Hall–Kier alpha value is -1.52. The first-order valence-electron chi connectivity index (χ1n) is 3.43. The highest BCUT2D eigenvalue weighted by Crippen LogP contribution is 2.27. The average Bonchev–Trinajstić information content (AvgIpc) is 2.04. The molecule has 3 N–H and O–H groups in total. The second-order valence-corrected chi connectivity index (χ2v) is 2.49. The summed E-state index contributed by atoms with van der Waals surface area (Å²) in [5.74, 6) is -5.38. The van der Waals surface area contributed by atoms with Crippen molar-refractivity contribution in [2.24, 2.45) is 5.73 Å². The number of nitrogens with one attached hydrogen (secondary N) is 1. The third-order valence-electron chi connectivity index (χ3n) is 1.55. The van der Waals surface area contributed by atoms with Crippen LogP contribution in [-0.2, 0) is 5.92 Å². The summed E-state index contributed by atoms with van der Waals surface area (Å²) in [5, 5.41) is 6.62. The first-order valence-corrected chi connectivity index (χ1v) is 3.43. The lowest BCUT2D eigenvalue weighted by atomic mass is 10.1. The van der Waals surface area contributed by atoms with E-state index in [1.165, 1.54) is 0 Å². The van der Waals surface area contributed by atoms with Gasteiger partial charge in [0, 0.05) is 5.56 Å². The summed E-state index contributed by atoms with van der Waals surface area (Å²) in [4.78, 5) is 0. The largest absolute Gasteiger partial charge is 0.382 e. The van der Waals surface area contributed by atoms with Crippen LogP contribution in [0.1, 0.15) is 5.56 Å². The molecule has 0 aliphatic heterocycles. The lowest BCUT2D eigenvalue weighted by Gasteiger charge is -2.14. The Kier molecular flexibility index (Phi) is 2.27. The third kappa shape index (κ3) is 1.80. The SMILES string of the molecule is N=C(N)C(F)(F)c1ccc(F)cc1. The Balaban J connectivity index is 3.08. The lowest BCUT2D eigenvalue weighted by molar-refractivity contribution is 0.0734. The highest BCUT2D eigenvalue weighted by molar-refractivity contribution is 5.85. The maximum atomic E-state index is 12.9. The number of rotatable bonds is 2. The molecule has 0 unspecified atom stereocenters. The molecule has 0 spiro atoms. The molecule has 0 atom stereocenters. The van der Waals surface area contributed by atoms with Gasteiger partial charge in [-0.15, -0.1) is 0 Å². The van der Waals surface area contributed by atoms with E-state index in [0.29, 0.717) is 0 Å². The predicted octanol–water partition coefficient (Wildman–Crippen LogP) is 1.85. The van der Waals surface area contributed by atoms with Crippen LogP contribution in [0.2, 0.25) is 0 Å². The third-order valence-corrected chi connectivity index (χ3v) is 1.55. The van der Waals surface area contributed by atoms with Gasteiger partial charge in [-0.25, -0.2) is 4.39 Å². The summed E-state index contributed by atoms with van der Waals surface area (Å²) in [6.07, 6.45) is 0. The quantitative estimate of drug-likeness (QED) is 0.540. The van der Waals surface area contributed by atoms with Gasteiger partial charge in [-0.3, -0.25) is 5.41 Å². The molecule has 0 saturated heterocycles. The van der Waals surface area contributed by atoms with Crippen LogP contribution in [0.3, 0.4) is 0 Å². The maximum absolute atomic E-state index is 12.9. The van der Waals surface area contributed by atoms with E-state index in [9.17, 15) is 13.2 Å². The molecule has 0 aliphatic carbocycles. The highest BCUT2D eigenvalue weighted by atomic mass is 19.3. The normalized spacial score (nSPS) is 11.3. The zero-order valence-electron chi connectivity index (χ0n) is 6.52. The van der Waals surface area contributed by atoms with E-state index in [2.05, 4.69) is 5.73 Å². The van der Waals surface area contributed by atoms with Crippen LogP contribution < -0.4 is 5.73 Å². The fraction of sp³-hybridized carbons (Fsp3) is 0.125. The molecule has 0 radical (unpaired) electrons. The Morgan fingerprint density at radius 2 is 1.69 bits per heavy atom. The Bertz CT molecular complexity index is 319. The van der Waals surface area contributed by atoms with Crippen LogP contribution in [0, 0.1) is 11.2 Å². The van der Waals surface area contributed by atoms with Crippen molar-refractivity contribution in [3.63, 3.8) is 0 Å². The Labute approximate surface area is 72.7 Å². The average molecular weight is 188 g/mol. The maximum Gasteiger partial charge on any atom is 0.328 e. The second kappa shape index (κ2) is 3.08. The van der Waals surface area contributed by atoms with Crippen molar-refractivity contribution >= 4 is 5.84 Å². The van der Waals surface area contributed by atoms with Crippen LogP contribution in [0.25, 0.3) is 0 Å². The van der Waals surface area contributed by atoms with Gasteiger partial charge in [0.05, 0.1) is 0 Å². The first kappa shape index (κ1) is 9.57. The zero-order valence-corrected chi connectivity index (χ0v) is 6.52. The molecule has 0 aliphatic rings. The van der Waals surface area contributed by atoms with Gasteiger partial charge in [0.15, 0.2) is 5.84 Å². The van der Waals surface area contributed by atoms with Crippen molar-refractivity contribution in [2.45, 2.75) is 5.92 Å². The van der Waals surface area contributed by atoms with Crippen molar-refractivity contribution in [1.29, 1.82) is 5.41 Å². The fourth-order valence-corrected chi connectivity index (χ4v) is 0.815. The molecule has 70 valence electrons. The smallest absolute Gasteiger partial charge is 0.328 e.